The van der Waals surface area contributed by atoms with E-state index in [9.17, 15) is 9.18 Å². The Kier molecular flexibility index (Phi) is 3.64. The molecular weight excluding hydrogens is 243 g/mol. The van der Waals surface area contributed by atoms with Crippen molar-refractivity contribution >= 4 is 17.5 Å². The maximum Gasteiger partial charge on any atom is 0.255 e. The minimum Gasteiger partial charge on any atom is -0.337 e. The van der Waals surface area contributed by atoms with Crippen LogP contribution in [0.4, 0.5) is 4.39 Å². The van der Waals surface area contributed by atoms with Crippen LogP contribution in [0.2, 0.25) is 5.02 Å². The van der Waals surface area contributed by atoms with E-state index < -0.39 is 5.82 Å². The van der Waals surface area contributed by atoms with Gasteiger partial charge in [0.05, 0.1) is 10.6 Å². The fraction of sp³-hybridized carbons (Fsp3) is 0.417. The highest BCUT2D eigenvalue weighted by Gasteiger charge is 2.25. The van der Waals surface area contributed by atoms with Gasteiger partial charge in [0.25, 0.3) is 5.91 Å². The number of carbonyl (C=O) groups excluding carboxylic acids is 1. The van der Waals surface area contributed by atoms with Gasteiger partial charge in [0.1, 0.15) is 5.82 Å². The zero-order chi connectivity index (χ0) is 12.4. The summed E-state index contributed by atoms with van der Waals surface area (Å²) in [5.41, 5.74) is 0.223. The van der Waals surface area contributed by atoms with E-state index in [1.807, 2.05) is 0 Å². The molecule has 1 saturated heterocycles. The van der Waals surface area contributed by atoms with Gasteiger partial charge in [-0.1, -0.05) is 17.7 Å². The van der Waals surface area contributed by atoms with Gasteiger partial charge in [-0.05, 0) is 25.1 Å². The van der Waals surface area contributed by atoms with Crippen molar-refractivity contribution in [2.45, 2.75) is 12.5 Å². The molecule has 1 atom stereocenters. The van der Waals surface area contributed by atoms with Crippen LogP contribution in [0.1, 0.15) is 16.8 Å². The van der Waals surface area contributed by atoms with Crippen molar-refractivity contribution in [2.75, 3.05) is 20.1 Å². The standard InChI is InChI=1S/C12H14ClFN2O/c1-16(8-5-6-15-7-8)12(17)9-3-2-4-10(14)11(9)13/h2-4,8,15H,5-7H2,1H3/t8-/m0/s1. The number of nitrogens with one attached hydrogen (secondary N) is 1. The second-order valence-corrected chi connectivity index (χ2v) is 4.54. The number of hydrogen-bond donors (Lipinski definition) is 1. The van der Waals surface area contributed by atoms with Crippen LogP contribution in [-0.4, -0.2) is 37.0 Å². The molecule has 0 aromatic heterocycles. The van der Waals surface area contributed by atoms with E-state index >= 15 is 0 Å². The second kappa shape index (κ2) is 5.02. The van der Waals surface area contributed by atoms with Crippen LogP contribution in [0.15, 0.2) is 18.2 Å². The van der Waals surface area contributed by atoms with E-state index in [4.69, 9.17) is 11.6 Å². The van der Waals surface area contributed by atoms with Crippen molar-refractivity contribution < 1.29 is 9.18 Å². The van der Waals surface area contributed by atoms with E-state index in [1.54, 1.807) is 18.0 Å². The molecule has 0 unspecified atom stereocenters. The first kappa shape index (κ1) is 12.3. The van der Waals surface area contributed by atoms with Crippen LogP contribution in [-0.2, 0) is 0 Å². The van der Waals surface area contributed by atoms with Crippen molar-refractivity contribution in [3.05, 3.63) is 34.6 Å². The van der Waals surface area contributed by atoms with Crippen LogP contribution in [0, 0.1) is 5.82 Å². The first-order chi connectivity index (χ1) is 8.11. The fourth-order valence-corrected chi connectivity index (χ4v) is 2.20. The first-order valence-electron chi connectivity index (χ1n) is 5.53. The van der Waals surface area contributed by atoms with Crippen molar-refractivity contribution in [1.82, 2.24) is 10.2 Å². The minimum absolute atomic E-state index is 0.102. The van der Waals surface area contributed by atoms with Crippen LogP contribution >= 0.6 is 11.6 Å². The molecule has 1 aliphatic rings. The molecule has 2 rings (SSSR count). The van der Waals surface area contributed by atoms with Crippen molar-refractivity contribution in [3.63, 3.8) is 0 Å². The summed E-state index contributed by atoms with van der Waals surface area (Å²) in [6.45, 7) is 1.67. The zero-order valence-corrected chi connectivity index (χ0v) is 10.3. The number of halogens is 2. The molecule has 1 aromatic carbocycles. The summed E-state index contributed by atoms with van der Waals surface area (Å²) in [6, 6.07) is 4.44. The number of nitrogens with zero attached hydrogens (tertiary/aromatic N) is 1. The molecule has 1 fully saturated rings. The van der Waals surface area contributed by atoms with E-state index in [2.05, 4.69) is 5.32 Å². The average Bonchev–Trinajstić information content (AvgIpc) is 2.84. The molecule has 1 amide bonds. The lowest BCUT2D eigenvalue weighted by Gasteiger charge is -2.24. The fourth-order valence-electron chi connectivity index (χ4n) is 1.99. The van der Waals surface area contributed by atoms with Gasteiger partial charge in [0.2, 0.25) is 0 Å². The number of likely N-dealkylation sites (N-methyl/N-ethyl adjacent to an activating group) is 1. The van der Waals surface area contributed by atoms with Gasteiger partial charge in [0, 0.05) is 19.6 Å². The maximum atomic E-state index is 13.3. The topological polar surface area (TPSA) is 32.3 Å². The SMILES string of the molecule is CN(C(=O)c1cccc(F)c1Cl)[C@H]1CCNC1. The largest absolute Gasteiger partial charge is 0.337 e. The lowest BCUT2D eigenvalue weighted by molar-refractivity contribution is 0.0743. The molecule has 0 saturated carbocycles. The summed E-state index contributed by atoms with van der Waals surface area (Å²) >= 11 is 5.80. The van der Waals surface area contributed by atoms with Gasteiger partial charge >= 0.3 is 0 Å². The van der Waals surface area contributed by atoms with Crippen LogP contribution < -0.4 is 5.32 Å². The molecule has 1 aliphatic heterocycles. The number of benzene rings is 1. The summed E-state index contributed by atoms with van der Waals surface area (Å²) in [4.78, 5) is 13.8. The van der Waals surface area contributed by atoms with E-state index in [1.165, 1.54) is 12.1 Å². The highest BCUT2D eigenvalue weighted by molar-refractivity contribution is 6.34. The molecule has 5 heteroatoms. The maximum absolute atomic E-state index is 13.3. The van der Waals surface area contributed by atoms with Crippen molar-refractivity contribution in [2.24, 2.45) is 0 Å². The molecule has 1 heterocycles. The molecule has 0 bridgehead atoms. The Morgan fingerprint density at radius 3 is 3.00 bits per heavy atom. The third-order valence-corrected chi connectivity index (χ3v) is 3.47. The summed E-state index contributed by atoms with van der Waals surface area (Å²) in [5.74, 6) is -0.793. The molecule has 17 heavy (non-hydrogen) atoms. The van der Waals surface area contributed by atoms with Gasteiger partial charge in [-0.2, -0.15) is 0 Å². The molecule has 1 aromatic rings. The monoisotopic (exact) mass is 256 g/mol. The van der Waals surface area contributed by atoms with Gasteiger partial charge in [0.15, 0.2) is 0 Å². The first-order valence-corrected chi connectivity index (χ1v) is 5.91. The third kappa shape index (κ3) is 2.42. The van der Waals surface area contributed by atoms with Crippen LogP contribution in [0.5, 0.6) is 0 Å². The molecular formula is C12H14ClFN2O. The predicted molar refractivity (Wildman–Crippen MR) is 64.8 cm³/mol. The van der Waals surface area contributed by atoms with Crippen molar-refractivity contribution in [3.8, 4) is 0 Å². The van der Waals surface area contributed by atoms with Gasteiger partial charge in [-0.3, -0.25) is 4.79 Å². The summed E-state index contributed by atoms with van der Waals surface area (Å²) in [6.07, 6.45) is 0.912. The third-order valence-electron chi connectivity index (χ3n) is 3.08. The Bertz CT molecular complexity index is 433. The number of rotatable bonds is 2. The lowest BCUT2D eigenvalue weighted by Crippen LogP contribution is -2.38. The smallest absolute Gasteiger partial charge is 0.255 e. The van der Waals surface area contributed by atoms with Gasteiger partial charge in [-0.25, -0.2) is 4.39 Å². The summed E-state index contributed by atoms with van der Waals surface area (Å²) in [7, 11) is 1.72. The minimum atomic E-state index is -0.560. The highest BCUT2D eigenvalue weighted by atomic mass is 35.5. The predicted octanol–water partition coefficient (Wildman–Crippen LogP) is 1.91. The quantitative estimate of drug-likeness (QED) is 0.877. The Morgan fingerprint density at radius 1 is 1.59 bits per heavy atom. The molecule has 3 nitrogen and oxygen atoms in total. The molecule has 1 N–H and O–H groups in total. The lowest BCUT2D eigenvalue weighted by atomic mass is 10.1. The zero-order valence-electron chi connectivity index (χ0n) is 9.54. The van der Waals surface area contributed by atoms with Gasteiger partial charge < -0.3 is 10.2 Å². The molecule has 0 spiro atoms. The highest BCUT2D eigenvalue weighted by Crippen LogP contribution is 2.22. The Balaban J connectivity index is 2.21. The van der Waals surface area contributed by atoms with E-state index in [0.29, 0.717) is 0 Å². The number of hydrogen-bond acceptors (Lipinski definition) is 2. The normalized spacial score (nSPS) is 19.4. The van der Waals surface area contributed by atoms with E-state index in [0.717, 1.165) is 19.5 Å². The van der Waals surface area contributed by atoms with E-state index in [-0.39, 0.29) is 22.5 Å². The average molecular weight is 257 g/mol. The molecule has 0 aliphatic carbocycles. The Morgan fingerprint density at radius 2 is 2.35 bits per heavy atom. The summed E-state index contributed by atoms with van der Waals surface area (Å²) in [5, 5.41) is 3.08. The summed E-state index contributed by atoms with van der Waals surface area (Å²) < 4.78 is 13.3. The van der Waals surface area contributed by atoms with Crippen LogP contribution in [0.3, 0.4) is 0 Å². The number of amides is 1. The Hall–Kier alpha value is -1.13. The van der Waals surface area contributed by atoms with Crippen LogP contribution in [0.25, 0.3) is 0 Å². The number of carbonyl (C=O) groups is 1. The van der Waals surface area contributed by atoms with Gasteiger partial charge in [-0.15, -0.1) is 0 Å². The Labute approximate surface area is 105 Å². The molecule has 0 radical (unpaired) electrons. The molecule has 92 valence electrons. The second-order valence-electron chi connectivity index (χ2n) is 4.16. The van der Waals surface area contributed by atoms with Crippen molar-refractivity contribution in [1.29, 1.82) is 0 Å².